The number of hydrogen-bond acceptors (Lipinski definition) is 3. The van der Waals surface area contributed by atoms with Gasteiger partial charge < -0.3 is 10.1 Å². The van der Waals surface area contributed by atoms with Crippen LogP contribution in [-0.2, 0) is 4.74 Å². The van der Waals surface area contributed by atoms with Gasteiger partial charge in [-0.1, -0.05) is 11.6 Å². The van der Waals surface area contributed by atoms with Crippen LogP contribution >= 0.6 is 34.2 Å². The first kappa shape index (κ1) is 17.0. The molecule has 1 aliphatic rings. The fraction of sp³-hybridized carbons (Fsp3) is 0.533. The van der Waals surface area contributed by atoms with E-state index in [1.807, 2.05) is 6.07 Å². The number of ether oxygens (including phenoxy) is 1. The molecule has 0 radical (unpaired) electrons. The predicted molar refractivity (Wildman–Crippen MR) is 93.0 cm³/mol. The van der Waals surface area contributed by atoms with Crippen molar-refractivity contribution in [2.75, 3.05) is 32.8 Å². The van der Waals surface area contributed by atoms with Crippen LogP contribution in [0.3, 0.4) is 0 Å². The third kappa shape index (κ3) is 4.55. The van der Waals surface area contributed by atoms with Gasteiger partial charge in [0.2, 0.25) is 0 Å². The maximum Gasteiger partial charge on any atom is 0.252 e. The highest BCUT2D eigenvalue weighted by atomic mass is 127. The quantitative estimate of drug-likeness (QED) is 0.759. The van der Waals surface area contributed by atoms with Gasteiger partial charge >= 0.3 is 0 Å². The molecule has 2 rings (SSSR count). The molecule has 1 heterocycles. The zero-order valence-electron chi connectivity index (χ0n) is 12.3. The third-order valence-corrected chi connectivity index (χ3v) is 4.90. The normalized spacial score (nSPS) is 16.8. The van der Waals surface area contributed by atoms with E-state index in [0.29, 0.717) is 17.1 Å². The van der Waals surface area contributed by atoms with E-state index >= 15 is 0 Å². The molecule has 6 heteroatoms. The topological polar surface area (TPSA) is 41.6 Å². The number of carbonyl (C=O) groups is 1. The SMILES string of the molecule is CC(C)(CNC(=O)c1cc(Cl)ccc1I)N1CCOCC1. The Morgan fingerprint density at radius 2 is 2.10 bits per heavy atom. The number of amides is 1. The van der Waals surface area contributed by atoms with Crippen molar-refractivity contribution in [3.8, 4) is 0 Å². The first-order valence-corrected chi connectivity index (χ1v) is 8.42. The standard InChI is InChI=1S/C15H20ClIN2O2/c1-15(2,19-5-7-21-8-6-19)10-18-14(20)12-9-11(16)3-4-13(12)17/h3-4,9H,5-8,10H2,1-2H3,(H,18,20). The van der Waals surface area contributed by atoms with Crippen molar-refractivity contribution < 1.29 is 9.53 Å². The van der Waals surface area contributed by atoms with E-state index in [2.05, 4.69) is 46.7 Å². The summed E-state index contributed by atoms with van der Waals surface area (Å²) in [6.45, 7) is 8.18. The van der Waals surface area contributed by atoms with Crippen LogP contribution in [0.5, 0.6) is 0 Å². The van der Waals surface area contributed by atoms with Crippen LogP contribution in [0.1, 0.15) is 24.2 Å². The highest BCUT2D eigenvalue weighted by molar-refractivity contribution is 14.1. The molecule has 1 saturated heterocycles. The number of carbonyl (C=O) groups excluding carboxylic acids is 1. The summed E-state index contributed by atoms with van der Waals surface area (Å²) < 4.78 is 6.28. The fourth-order valence-corrected chi connectivity index (χ4v) is 3.10. The molecule has 116 valence electrons. The Morgan fingerprint density at radius 1 is 1.43 bits per heavy atom. The number of nitrogens with one attached hydrogen (secondary N) is 1. The molecule has 1 aliphatic heterocycles. The summed E-state index contributed by atoms with van der Waals surface area (Å²) in [7, 11) is 0. The van der Waals surface area contributed by atoms with Crippen molar-refractivity contribution in [3.63, 3.8) is 0 Å². The van der Waals surface area contributed by atoms with Crippen LogP contribution in [0.2, 0.25) is 5.02 Å². The lowest BCUT2D eigenvalue weighted by atomic mass is 10.0. The van der Waals surface area contributed by atoms with Crippen molar-refractivity contribution in [2.45, 2.75) is 19.4 Å². The monoisotopic (exact) mass is 422 g/mol. The van der Waals surface area contributed by atoms with Gasteiger partial charge in [0.1, 0.15) is 0 Å². The molecular weight excluding hydrogens is 403 g/mol. The molecule has 0 bridgehead atoms. The molecule has 4 nitrogen and oxygen atoms in total. The average Bonchev–Trinajstić information content (AvgIpc) is 2.48. The van der Waals surface area contributed by atoms with E-state index in [0.717, 1.165) is 29.9 Å². The van der Waals surface area contributed by atoms with Crippen molar-refractivity contribution in [3.05, 3.63) is 32.4 Å². The highest BCUT2D eigenvalue weighted by Crippen LogP contribution is 2.19. The first-order valence-electron chi connectivity index (χ1n) is 6.96. The Morgan fingerprint density at radius 3 is 2.76 bits per heavy atom. The lowest BCUT2D eigenvalue weighted by Crippen LogP contribution is -2.55. The Kier molecular flexibility index (Phi) is 5.88. The first-order chi connectivity index (χ1) is 9.90. The summed E-state index contributed by atoms with van der Waals surface area (Å²) in [5, 5.41) is 3.60. The number of rotatable bonds is 4. The second-order valence-corrected chi connectivity index (χ2v) is 7.32. The molecule has 0 aromatic heterocycles. The minimum Gasteiger partial charge on any atom is -0.379 e. The van der Waals surface area contributed by atoms with Gasteiger partial charge in [0.25, 0.3) is 5.91 Å². The summed E-state index contributed by atoms with van der Waals surface area (Å²) in [4.78, 5) is 14.7. The van der Waals surface area contributed by atoms with Gasteiger partial charge in [-0.15, -0.1) is 0 Å². The van der Waals surface area contributed by atoms with E-state index in [4.69, 9.17) is 16.3 Å². The van der Waals surface area contributed by atoms with Gasteiger partial charge in [0.15, 0.2) is 0 Å². The van der Waals surface area contributed by atoms with E-state index in [-0.39, 0.29) is 11.4 Å². The predicted octanol–water partition coefficient (Wildman–Crippen LogP) is 2.79. The van der Waals surface area contributed by atoms with E-state index in [1.165, 1.54) is 0 Å². The molecule has 0 saturated carbocycles. The van der Waals surface area contributed by atoms with E-state index in [9.17, 15) is 4.79 Å². The Bertz CT molecular complexity index is 516. The van der Waals surface area contributed by atoms with Crippen molar-refractivity contribution in [1.29, 1.82) is 0 Å². The molecule has 0 aliphatic carbocycles. The molecule has 1 aromatic carbocycles. The number of morpholine rings is 1. The van der Waals surface area contributed by atoms with Gasteiger partial charge in [0, 0.05) is 33.8 Å². The minimum atomic E-state index is -0.0938. The average molecular weight is 423 g/mol. The third-order valence-electron chi connectivity index (χ3n) is 3.72. The second-order valence-electron chi connectivity index (χ2n) is 5.72. The lowest BCUT2D eigenvalue weighted by molar-refractivity contribution is -0.00923. The van der Waals surface area contributed by atoms with Crippen LogP contribution in [0, 0.1) is 3.57 Å². The molecule has 0 spiro atoms. The Hall–Kier alpha value is -0.370. The fourth-order valence-electron chi connectivity index (χ4n) is 2.34. The van der Waals surface area contributed by atoms with Crippen LogP contribution in [0.15, 0.2) is 18.2 Å². The lowest BCUT2D eigenvalue weighted by Gasteiger charge is -2.40. The summed E-state index contributed by atoms with van der Waals surface area (Å²) in [6.07, 6.45) is 0. The molecule has 0 atom stereocenters. The zero-order valence-corrected chi connectivity index (χ0v) is 15.2. The molecule has 1 aromatic rings. The van der Waals surface area contributed by atoms with Gasteiger partial charge in [-0.2, -0.15) is 0 Å². The number of nitrogens with zero attached hydrogens (tertiary/aromatic N) is 1. The molecular formula is C15H20ClIN2O2. The maximum absolute atomic E-state index is 12.3. The van der Waals surface area contributed by atoms with Gasteiger partial charge in [-0.25, -0.2) is 0 Å². The molecule has 1 N–H and O–H groups in total. The molecule has 1 fully saturated rings. The summed E-state index contributed by atoms with van der Waals surface area (Å²) in [5.74, 6) is -0.0803. The zero-order chi connectivity index (χ0) is 15.5. The number of halogens is 2. The number of hydrogen-bond donors (Lipinski definition) is 1. The van der Waals surface area contributed by atoms with Crippen molar-refractivity contribution in [1.82, 2.24) is 10.2 Å². The molecule has 0 unspecified atom stereocenters. The maximum atomic E-state index is 12.3. The van der Waals surface area contributed by atoms with Crippen LogP contribution in [0.25, 0.3) is 0 Å². The van der Waals surface area contributed by atoms with Crippen LogP contribution in [-0.4, -0.2) is 49.2 Å². The summed E-state index contributed by atoms with van der Waals surface area (Å²) in [5.41, 5.74) is 0.532. The minimum absolute atomic E-state index is 0.0803. The van der Waals surface area contributed by atoms with Crippen molar-refractivity contribution in [2.24, 2.45) is 0 Å². The van der Waals surface area contributed by atoms with Crippen LogP contribution in [0.4, 0.5) is 0 Å². The smallest absolute Gasteiger partial charge is 0.252 e. The Labute approximate surface area is 144 Å². The highest BCUT2D eigenvalue weighted by Gasteiger charge is 2.28. The largest absolute Gasteiger partial charge is 0.379 e. The molecule has 1 amide bonds. The van der Waals surface area contributed by atoms with Crippen molar-refractivity contribution >= 4 is 40.1 Å². The summed E-state index contributed by atoms with van der Waals surface area (Å²) >= 11 is 8.12. The van der Waals surface area contributed by atoms with E-state index in [1.54, 1.807) is 12.1 Å². The van der Waals surface area contributed by atoms with Gasteiger partial charge in [0.05, 0.1) is 18.8 Å². The summed E-state index contributed by atoms with van der Waals surface area (Å²) in [6, 6.07) is 5.35. The number of benzene rings is 1. The van der Waals surface area contributed by atoms with E-state index < -0.39 is 0 Å². The molecule has 21 heavy (non-hydrogen) atoms. The van der Waals surface area contributed by atoms with Gasteiger partial charge in [-0.3, -0.25) is 9.69 Å². The Balaban J connectivity index is 1.98. The van der Waals surface area contributed by atoms with Crippen LogP contribution < -0.4 is 5.32 Å². The second kappa shape index (κ2) is 7.26. The van der Waals surface area contributed by atoms with Gasteiger partial charge in [-0.05, 0) is 54.6 Å².